The number of hydrogen-bond acceptors (Lipinski definition) is 6. The van der Waals surface area contributed by atoms with Gasteiger partial charge >= 0.3 is 23.9 Å². The van der Waals surface area contributed by atoms with E-state index in [4.69, 9.17) is 0 Å². The number of benzene rings is 1. The van der Waals surface area contributed by atoms with E-state index in [1.54, 1.807) is 24.3 Å². The molecule has 0 saturated carbocycles. The number of rotatable bonds is 2. The van der Waals surface area contributed by atoms with E-state index in [0.717, 1.165) is 0 Å². The predicted octanol–water partition coefficient (Wildman–Crippen LogP) is 0.801. The Labute approximate surface area is 113 Å². The van der Waals surface area contributed by atoms with Gasteiger partial charge in [0.1, 0.15) is 0 Å². The summed E-state index contributed by atoms with van der Waals surface area (Å²) in [6, 6.07) is 6.65. The van der Waals surface area contributed by atoms with Crippen LogP contribution in [0.1, 0.15) is 35.8 Å². The molecular weight excluding hydrogens is 264 g/mol. The molecule has 2 aliphatic heterocycles. The monoisotopic (exact) mass is 274 g/mol. The second-order valence-corrected chi connectivity index (χ2v) is 4.77. The Bertz CT molecular complexity index is 560. The minimum absolute atomic E-state index is 0.0299. The molecule has 0 aromatic heterocycles. The van der Waals surface area contributed by atoms with E-state index in [1.165, 1.54) is 0 Å². The number of carbonyl (C=O) groups is 4. The molecule has 0 amide bonds. The van der Waals surface area contributed by atoms with Gasteiger partial charge in [0.2, 0.25) is 0 Å². The standard InChI is InChI=1S/C14H10O6/c15-11-5-9(13(17)19-11)7-1-2-8(4-3-7)10-6-12(16)20-14(10)18/h1-4,9-10H,5-6H2/t9-,10?/m0/s1. The lowest BCUT2D eigenvalue weighted by atomic mass is 9.92. The molecule has 1 aromatic carbocycles. The molecule has 6 nitrogen and oxygen atoms in total. The summed E-state index contributed by atoms with van der Waals surface area (Å²) in [5, 5.41) is 0. The molecule has 0 N–H and O–H groups in total. The highest BCUT2D eigenvalue weighted by Gasteiger charge is 2.36. The molecule has 0 spiro atoms. The van der Waals surface area contributed by atoms with Crippen molar-refractivity contribution < 1.29 is 28.7 Å². The molecule has 1 aromatic rings. The quantitative estimate of drug-likeness (QED) is 0.585. The second kappa shape index (κ2) is 4.56. The van der Waals surface area contributed by atoms with E-state index in [9.17, 15) is 19.2 Å². The SMILES string of the molecule is O=C1CC(c2ccc([C@@H]3CC(=O)OC3=O)cc2)C(=O)O1. The van der Waals surface area contributed by atoms with Gasteiger partial charge in [-0.15, -0.1) is 0 Å². The van der Waals surface area contributed by atoms with Crippen molar-refractivity contribution >= 4 is 23.9 Å². The van der Waals surface area contributed by atoms with E-state index >= 15 is 0 Å². The Hall–Kier alpha value is -2.50. The third-order valence-corrected chi connectivity index (χ3v) is 3.48. The number of cyclic esters (lactones) is 4. The lowest BCUT2D eigenvalue weighted by Crippen LogP contribution is -2.08. The van der Waals surface area contributed by atoms with Crippen molar-refractivity contribution in [2.24, 2.45) is 0 Å². The van der Waals surface area contributed by atoms with Crippen LogP contribution in [0.5, 0.6) is 0 Å². The molecule has 0 bridgehead atoms. The predicted molar refractivity (Wildman–Crippen MR) is 63.4 cm³/mol. The molecular formula is C14H10O6. The Morgan fingerprint density at radius 2 is 1.05 bits per heavy atom. The fraction of sp³-hybridized carbons (Fsp3) is 0.286. The van der Waals surface area contributed by atoms with E-state index < -0.39 is 35.7 Å². The molecule has 2 atom stereocenters. The van der Waals surface area contributed by atoms with Gasteiger partial charge in [-0.2, -0.15) is 0 Å². The van der Waals surface area contributed by atoms with Crippen LogP contribution in [0.25, 0.3) is 0 Å². The molecule has 6 heteroatoms. The first kappa shape index (κ1) is 12.5. The first-order valence-corrected chi connectivity index (χ1v) is 6.13. The highest BCUT2D eigenvalue weighted by molar-refractivity contribution is 5.98. The van der Waals surface area contributed by atoms with Crippen LogP contribution in [-0.2, 0) is 28.7 Å². The van der Waals surface area contributed by atoms with Crippen molar-refractivity contribution in [3.05, 3.63) is 35.4 Å². The van der Waals surface area contributed by atoms with Crippen molar-refractivity contribution in [1.82, 2.24) is 0 Å². The maximum absolute atomic E-state index is 11.5. The fourth-order valence-corrected chi connectivity index (χ4v) is 2.42. The van der Waals surface area contributed by atoms with Gasteiger partial charge in [-0.3, -0.25) is 19.2 Å². The maximum Gasteiger partial charge on any atom is 0.321 e. The average molecular weight is 274 g/mol. The molecule has 102 valence electrons. The number of hydrogen-bond donors (Lipinski definition) is 0. The third kappa shape index (κ3) is 2.09. The van der Waals surface area contributed by atoms with Gasteiger partial charge in [-0.05, 0) is 11.1 Å². The van der Waals surface area contributed by atoms with E-state index in [-0.39, 0.29) is 12.8 Å². The third-order valence-electron chi connectivity index (χ3n) is 3.48. The van der Waals surface area contributed by atoms with Crippen LogP contribution in [-0.4, -0.2) is 23.9 Å². The van der Waals surface area contributed by atoms with E-state index in [1.807, 2.05) is 0 Å². The minimum Gasteiger partial charge on any atom is -0.393 e. The first-order valence-electron chi connectivity index (χ1n) is 6.13. The van der Waals surface area contributed by atoms with Crippen LogP contribution in [0.3, 0.4) is 0 Å². The normalized spacial score (nSPS) is 25.8. The molecule has 1 unspecified atom stereocenters. The van der Waals surface area contributed by atoms with Crippen LogP contribution in [0, 0.1) is 0 Å². The Morgan fingerprint density at radius 1 is 0.700 bits per heavy atom. The van der Waals surface area contributed by atoms with Crippen molar-refractivity contribution in [2.75, 3.05) is 0 Å². The van der Waals surface area contributed by atoms with Gasteiger partial charge in [-0.1, -0.05) is 24.3 Å². The van der Waals surface area contributed by atoms with Crippen LogP contribution < -0.4 is 0 Å². The molecule has 2 aliphatic rings. The summed E-state index contributed by atoms with van der Waals surface area (Å²) in [6.07, 6.45) is 0.0598. The van der Waals surface area contributed by atoms with Crippen molar-refractivity contribution in [2.45, 2.75) is 24.7 Å². The van der Waals surface area contributed by atoms with Crippen LogP contribution in [0.4, 0.5) is 0 Å². The number of ether oxygens (including phenoxy) is 2. The summed E-state index contributed by atoms with van der Waals surface area (Å²) in [5.41, 5.74) is 1.31. The van der Waals surface area contributed by atoms with Gasteiger partial charge in [0, 0.05) is 0 Å². The van der Waals surface area contributed by atoms with Crippen molar-refractivity contribution in [1.29, 1.82) is 0 Å². The fourth-order valence-electron chi connectivity index (χ4n) is 2.42. The largest absolute Gasteiger partial charge is 0.393 e. The molecule has 2 heterocycles. The smallest absolute Gasteiger partial charge is 0.321 e. The number of carbonyl (C=O) groups excluding carboxylic acids is 4. The van der Waals surface area contributed by atoms with Crippen LogP contribution in [0.2, 0.25) is 0 Å². The summed E-state index contributed by atoms with van der Waals surface area (Å²) >= 11 is 0. The summed E-state index contributed by atoms with van der Waals surface area (Å²) < 4.78 is 8.99. The minimum atomic E-state index is -0.589. The van der Waals surface area contributed by atoms with Gasteiger partial charge in [0.05, 0.1) is 24.7 Å². The van der Waals surface area contributed by atoms with Crippen molar-refractivity contribution in [3.63, 3.8) is 0 Å². The zero-order valence-electron chi connectivity index (χ0n) is 10.3. The summed E-state index contributed by atoms with van der Waals surface area (Å²) in [5.74, 6) is -3.36. The maximum atomic E-state index is 11.5. The molecule has 3 rings (SSSR count). The lowest BCUT2D eigenvalue weighted by Gasteiger charge is -2.08. The Morgan fingerprint density at radius 3 is 1.30 bits per heavy atom. The topological polar surface area (TPSA) is 86.7 Å². The molecule has 20 heavy (non-hydrogen) atoms. The van der Waals surface area contributed by atoms with Gasteiger partial charge in [-0.25, -0.2) is 0 Å². The molecule has 0 aliphatic carbocycles. The summed E-state index contributed by atoms with van der Waals surface area (Å²) in [6.45, 7) is 0. The molecule has 2 fully saturated rings. The highest BCUT2D eigenvalue weighted by atomic mass is 16.6. The van der Waals surface area contributed by atoms with Crippen molar-refractivity contribution in [3.8, 4) is 0 Å². The van der Waals surface area contributed by atoms with Gasteiger partial charge in [0.25, 0.3) is 0 Å². The zero-order chi connectivity index (χ0) is 14.3. The lowest BCUT2D eigenvalue weighted by molar-refractivity contribution is -0.154. The molecule has 0 radical (unpaired) electrons. The Balaban J connectivity index is 1.81. The van der Waals surface area contributed by atoms with E-state index in [2.05, 4.69) is 9.47 Å². The Kier molecular flexibility index (Phi) is 2.85. The second-order valence-electron chi connectivity index (χ2n) is 4.77. The van der Waals surface area contributed by atoms with Crippen LogP contribution >= 0.6 is 0 Å². The van der Waals surface area contributed by atoms with Crippen LogP contribution in [0.15, 0.2) is 24.3 Å². The summed E-state index contributed by atoms with van der Waals surface area (Å²) in [7, 11) is 0. The molecule has 2 saturated heterocycles. The van der Waals surface area contributed by atoms with Gasteiger partial charge in [0.15, 0.2) is 0 Å². The van der Waals surface area contributed by atoms with Gasteiger partial charge < -0.3 is 9.47 Å². The summed E-state index contributed by atoms with van der Waals surface area (Å²) in [4.78, 5) is 45.0. The highest BCUT2D eigenvalue weighted by Crippen LogP contribution is 2.31. The van der Waals surface area contributed by atoms with E-state index in [0.29, 0.717) is 11.1 Å². The average Bonchev–Trinajstić information content (AvgIpc) is 2.92. The number of esters is 4. The first-order chi connectivity index (χ1) is 9.54. The zero-order valence-corrected chi connectivity index (χ0v) is 10.3.